The molecule has 1 heterocycles. The predicted octanol–water partition coefficient (Wildman–Crippen LogP) is 2.43. The van der Waals surface area contributed by atoms with Gasteiger partial charge in [-0.15, -0.1) is 11.3 Å². The van der Waals surface area contributed by atoms with E-state index < -0.39 is 0 Å². The number of carbonyl (C=O) groups is 1. The number of hydrogen-bond acceptors (Lipinski definition) is 5. The lowest BCUT2D eigenvalue weighted by Gasteiger charge is -2.12. The highest BCUT2D eigenvalue weighted by atomic mass is 32.1. The first-order valence-electron chi connectivity index (χ1n) is 7.64. The van der Waals surface area contributed by atoms with E-state index in [9.17, 15) is 4.79 Å². The molecular weight excluding hydrogens is 358 g/mol. The molecule has 0 radical (unpaired) electrons. The Hall–Kier alpha value is -2.32. The second kappa shape index (κ2) is 9.24. The van der Waals surface area contributed by atoms with Gasteiger partial charge in [0.25, 0.3) is 5.91 Å². The third-order valence-corrected chi connectivity index (χ3v) is 4.77. The Balaban J connectivity index is 1.75. The van der Waals surface area contributed by atoms with Crippen LogP contribution in [0.1, 0.15) is 20.8 Å². The van der Waals surface area contributed by atoms with Crippen LogP contribution in [0, 0.1) is 6.92 Å². The number of hydrogen-bond donors (Lipinski definition) is 3. The summed E-state index contributed by atoms with van der Waals surface area (Å²) < 4.78 is 10.5. The maximum Gasteiger partial charge on any atom is 0.279 e. The molecule has 0 fully saturated rings. The number of aryl methyl sites for hydroxylation is 1. The average Bonchev–Trinajstić information content (AvgIpc) is 3.05. The van der Waals surface area contributed by atoms with Crippen molar-refractivity contribution in [1.82, 2.24) is 16.2 Å². The molecule has 2 aromatic rings. The van der Waals surface area contributed by atoms with E-state index in [0.29, 0.717) is 28.0 Å². The van der Waals surface area contributed by atoms with Gasteiger partial charge in [-0.25, -0.2) is 0 Å². The van der Waals surface area contributed by atoms with Crippen LogP contribution in [0.15, 0.2) is 29.6 Å². The van der Waals surface area contributed by atoms with E-state index in [4.69, 9.17) is 21.7 Å². The normalized spacial score (nSPS) is 10.0. The second-order valence-corrected chi connectivity index (χ2v) is 6.53. The Kier molecular flexibility index (Phi) is 7.03. The van der Waals surface area contributed by atoms with Crippen molar-refractivity contribution >= 4 is 34.6 Å². The zero-order valence-electron chi connectivity index (χ0n) is 14.3. The largest absolute Gasteiger partial charge is 0.493 e. The van der Waals surface area contributed by atoms with E-state index in [2.05, 4.69) is 16.2 Å². The molecule has 3 N–H and O–H groups in total. The summed E-state index contributed by atoms with van der Waals surface area (Å²) in [4.78, 5) is 12.6. The lowest BCUT2D eigenvalue weighted by atomic mass is 10.1. The lowest BCUT2D eigenvalue weighted by Crippen LogP contribution is -2.47. The highest BCUT2D eigenvalue weighted by molar-refractivity contribution is 7.80. The Labute approximate surface area is 156 Å². The molecule has 0 atom stereocenters. The summed E-state index contributed by atoms with van der Waals surface area (Å²) in [6, 6.07) is 7.67. The molecule has 0 saturated carbocycles. The Morgan fingerprint density at radius 1 is 1.16 bits per heavy atom. The van der Waals surface area contributed by atoms with Crippen LogP contribution in [0.2, 0.25) is 0 Å². The fourth-order valence-corrected chi connectivity index (χ4v) is 3.15. The number of rotatable bonds is 6. The quantitative estimate of drug-likeness (QED) is 0.529. The molecule has 25 heavy (non-hydrogen) atoms. The minimum Gasteiger partial charge on any atom is -0.493 e. The van der Waals surface area contributed by atoms with E-state index in [1.54, 1.807) is 14.2 Å². The van der Waals surface area contributed by atoms with Crippen molar-refractivity contribution in [2.24, 2.45) is 0 Å². The summed E-state index contributed by atoms with van der Waals surface area (Å²) in [6.07, 6.45) is 0.750. The fourth-order valence-electron chi connectivity index (χ4n) is 2.18. The number of ether oxygens (including phenoxy) is 2. The van der Waals surface area contributed by atoms with Gasteiger partial charge in [-0.1, -0.05) is 6.07 Å². The molecule has 0 aliphatic rings. The van der Waals surface area contributed by atoms with E-state index in [1.807, 2.05) is 36.6 Å². The fraction of sp³-hybridized carbons (Fsp3) is 0.294. The van der Waals surface area contributed by atoms with Gasteiger partial charge in [-0.05, 0) is 60.3 Å². The van der Waals surface area contributed by atoms with E-state index in [0.717, 1.165) is 17.5 Å². The number of thiophene rings is 1. The van der Waals surface area contributed by atoms with Crippen LogP contribution >= 0.6 is 23.6 Å². The molecular formula is C17H21N3O3S2. The number of methoxy groups -OCH3 is 2. The summed E-state index contributed by atoms with van der Waals surface area (Å²) in [5, 5.41) is 5.29. The molecule has 6 nitrogen and oxygen atoms in total. The van der Waals surface area contributed by atoms with Gasteiger partial charge in [0.05, 0.1) is 19.1 Å². The monoisotopic (exact) mass is 379 g/mol. The second-order valence-electron chi connectivity index (χ2n) is 5.21. The van der Waals surface area contributed by atoms with Crippen LogP contribution in [0.5, 0.6) is 11.5 Å². The summed E-state index contributed by atoms with van der Waals surface area (Å²) >= 11 is 6.55. The smallest absolute Gasteiger partial charge is 0.279 e. The summed E-state index contributed by atoms with van der Waals surface area (Å²) in [7, 11) is 3.21. The van der Waals surface area contributed by atoms with Gasteiger partial charge < -0.3 is 14.8 Å². The van der Waals surface area contributed by atoms with E-state index in [1.165, 1.54) is 11.3 Å². The van der Waals surface area contributed by atoms with Gasteiger partial charge in [0.2, 0.25) is 0 Å². The van der Waals surface area contributed by atoms with Crippen LogP contribution in [0.3, 0.4) is 0 Å². The Morgan fingerprint density at radius 2 is 1.92 bits per heavy atom. The third-order valence-electron chi connectivity index (χ3n) is 3.51. The summed E-state index contributed by atoms with van der Waals surface area (Å²) in [6.45, 7) is 2.51. The molecule has 0 spiro atoms. The van der Waals surface area contributed by atoms with Crippen LogP contribution in [0.25, 0.3) is 0 Å². The minimum absolute atomic E-state index is 0.198. The molecule has 1 amide bonds. The van der Waals surface area contributed by atoms with Crippen molar-refractivity contribution in [1.29, 1.82) is 0 Å². The molecule has 0 bridgehead atoms. The summed E-state index contributed by atoms with van der Waals surface area (Å²) in [5.74, 6) is 1.19. The topological polar surface area (TPSA) is 71.6 Å². The molecule has 1 aromatic heterocycles. The number of hydrazine groups is 1. The maximum absolute atomic E-state index is 12.0. The molecule has 0 aliphatic heterocycles. The number of benzene rings is 1. The SMILES string of the molecule is COc1ccc(CCNC(=S)NNC(=O)c2sccc2C)cc1OC. The number of amides is 1. The number of thiocarbonyl (C=S) groups is 1. The molecule has 0 saturated heterocycles. The van der Waals surface area contributed by atoms with Crippen molar-refractivity contribution in [3.63, 3.8) is 0 Å². The zero-order chi connectivity index (χ0) is 18.2. The van der Waals surface area contributed by atoms with Crippen molar-refractivity contribution in [2.45, 2.75) is 13.3 Å². The molecule has 0 aliphatic carbocycles. The predicted molar refractivity (Wildman–Crippen MR) is 104 cm³/mol. The van der Waals surface area contributed by atoms with Gasteiger partial charge >= 0.3 is 0 Å². The van der Waals surface area contributed by atoms with Crippen LogP contribution < -0.4 is 25.6 Å². The maximum atomic E-state index is 12.0. The van der Waals surface area contributed by atoms with Crippen molar-refractivity contribution < 1.29 is 14.3 Å². The number of nitrogens with one attached hydrogen (secondary N) is 3. The molecule has 0 unspecified atom stereocenters. The molecule has 134 valence electrons. The first-order chi connectivity index (χ1) is 12.0. The highest BCUT2D eigenvalue weighted by Gasteiger charge is 2.10. The molecule has 2 rings (SSSR count). The summed E-state index contributed by atoms with van der Waals surface area (Å²) in [5.41, 5.74) is 7.33. The van der Waals surface area contributed by atoms with Gasteiger partial charge in [0.15, 0.2) is 16.6 Å². The van der Waals surface area contributed by atoms with Gasteiger partial charge in [0, 0.05) is 6.54 Å². The minimum atomic E-state index is -0.198. The van der Waals surface area contributed by atoms with Crippen LogP contribution in [0.4, 0.5) is 0 Å². The zero-order valence-corrected chi connectivity index (χ0v) is 16.0. The van der Waals surface area contributed by atoms with Crippen LogP contribution in [-0.2, 0) is 6.42 Å². The Morgan fingerprint density at radius 3 is 2.56 bits per heavy atom. The van der Waals surface area contributed by atoms with Crippen molar-refractivity contribution in [3.05, 3.63) is 45.6 Å². The Bertz CT molecular complexity index is 746. The van der Waals surface area contributed by atoms with Gasteiger partial charge in [-0.3, -0.25) is 15.6 Å². The molecule has 8 heteroatoms. The standard InChI is InChI=1S/C17H21N3O3S2/c1-11-7-9-25-15(11)16(21)19-20-17(24)18-8-6-12-4-5-13(22-2)14(10-12)23-3/h4-5,7,9-10H,6,8H2,1-3H3,(H,19,21)(H2,18,20,24). The van der Waals surface area contributed by atoms with E-state index >= 15 is 0 Å². The van der Waals surface area contributed by atoms with E-state index in [-0.39, 0.29) is 5.91 Å². The lowest BCUT2D eigenvalue weighted by molar-refractivity contribution is 0.0947. The number of carbonyl (C=O) groups excluding carboxylic acids is 1. The average molecular weight is 380 g/mol. The van der Waals surface area contributed by atoms with Gasteiger partial charge in [-0.2, -0.15) is 0 Å². The van der Waals surface area contributed by atoms with Gasteiger partial charge in [0.1, 0.15) is 0 Å². The van der Waals surface area contributed by atoms with Crippen molar-refractivity contribution in [3.8, 4) is 11.5 Å². The van der Waals surface area contributed by atoms with Crippen molar-refractivity contribution in [2.75, 3.05) is 20.8 Å². The first kappa shape index (κ1) is 19.0. The molecule has 1 aromatic carbocycles. The highest BCUT2D eigenvalue weighted by Crippen LogP contribution is 2.27. The third kappa shape index (κ3) is 5.33. The first-order valence-corrected chi connectivity index (χ1v) is 8.93. The van der Waals surface area contributed by atoms with Crippen LogP contribution in [-0.4, -0.2) is 31.8 Å².